The monoisotopic (exact) mass is 1790 g/mol. The van der Waals surface area contributed by atoms with E-state index in [1.165, 1.54) is 57.3 Å². The number of nitrogens with two attached hydrogens (primary N) is 1. The lowest BCUT2D eigenvalue weighted by atomic mass is 9.85. The van der Waals surface area contributed by atoms with Crippen LogP contribution in [0.15, 0.2) is 135 Å². The van der Waals surface area contributed by atoms with Gasteiger partial charge in [0.15, 0.2) is 29.9 Å². The van der Waals surface area contributed by atoms with E-state index in [0.717, 1.165) is 83.8 Å². The lowest BCUT2D eigenvalue weighted by Gasteiger charge is -2.48. The highest BCUT2D eigenvalue weighted by Crippen LogP contribution is 2.50. The van der Waals surface area contributed by atoms with Crippen molar-refractivity contribution in [3.8, 4) is 62.9 Å². The summed E-state index contributed by atoms with van der Waals surface area (Å²) >= 11 is 20.8. The number of aromatic hydroxyl groups is 4. The van der Waals surface area contributed by atoms with Crippen molar-refractivity contribution >= 4 is 94.3 Å². The Morgan fingerprint density at radius 1 is 0.664 bits per heavy atom. The first-order valence-electron chi connectivity index (χ1n) is 39.0. The molecule has 0 aromatic heterocycles. The first kappa shape index (κ1) is 93.6. The van der Waals surface area contributed by atoms with Crippen molar-refractivity contribution in [2.24, 2.45) is 11.7 Å². The molecule has 13 rings (SSSR count). The standard InChI is InChI=1S/C84H93Cl3N10O28/c1-9-20-117-80(114)64-46-30-44(98)31-53(101)61(46)45-25-38(12-16-52(45)100)62-76(110)95-66(79(113)93-64)68(104)40-14-19-55(48(87)27-40)122-57-29-41-28-56(71(57)125-81-72(124-60-33-84(7,73(107)37(6)120-60)96-82(115)118-21-10-2)70(106)69(105)58(123-81)35-89-34-42-24-43(85)15-17-51(42)99)121-54-18-13-39(26-47(54)86)67(103)65(94-75(109)50(23-36(4)5)97(8)83(116)119-22-11-3)78(112)90-49(32-59(88)102)74(108)91-63(41)77(111)92-62/h9-19,24-31,36-37,49-50,58,60,62-70,72-73,81,89,98-101,103-107H,1-3,20-23,32-35H2,4-8H3,(H2,88,102)(H,90,112)(H,91,108)(H,92,111)(H,93,113)(H,94,109)(H,95,110)(H,96,115)/t37?,49-,50+,58?,60?,62+,63+,64+,65+,66-,67+,68+,69?,70?,72?,73?,81?,84?/m0/s1. The zero-order valence-electron chi connectivity index (χ0n) is 67.6. The quantitative estimate of drug-likeness (QED) is 0.0230. The second kappa shape index (κ2) is 40.3. The van der Waals surface area contributed by atoms with Gasteiger partial charge in [-0.25, -0.2) is 14.4 Å². The minimum Gasteiger partial charge on any atom is -0.508 e. The molecule has 7 aliphatic rings. The Bertz CT molecular complexity index is 5160. The summed E-state index contributed by atoms with van der Waals surface area (Å²) in [6, 6.07) is 2.62. The topological polar surface area (TPSA) is 561 Å². The third-order valence-corrected chi connectivity index (χ3v) is 21.8. The van der Waals surface area contributed by atoms with Gasteiger partial charge in [-0.3, -0.25) is 38.5 Å². The highest BCUT2D eigenvalue weighted by atomic mass is 35.5. The molecular weight excluding hydrogens is 1700 g/mol. The van der Waals surface area contributed by atoms with Crippen LogP contribution in [0.1, 0.15) is 111 Å². The summed E-state index contributed by atoms with van der Waals surface area (Å²) in [4.78, 5) is 149. The predicted octanol–water partition coefficient (Wildman–Crippen LogP) is 4.90. The van der Waals surface area contributed by atoms with Crippen LogP contribution in [0.2, 0.25) is 15.1 Å². The van der Waals surface area contributed by atoms with E-state index >= 15 is 24.0 Å². The number of hydrogen-bond acceptors (Lipinski definition) is 29. The van der Waals surface area contributed by atoms with Gasteiger partial charge in [0.05, 0.1) is 28.1 Å². The van der Waals surface area contributed by atoms with Gasteiger partial charge in [-0.1, -0.05) is 105 Å². The Hall–Kier alpha value is -12.1. The summed E-state index contributed by atoms with van der Waals surface area (Å²) in [5, 5.41) is 127. The van der Waals surface area contributed by atoms with Gasteiger partial charge in [-0.05, 0) is 121 Å². The fourth-order valence-electron chi connectivity index (χ4n) is 14.7. The summed E-state index contributed by atoms with van der Waals surface area (Å²) in [6.45, 7) is 15.4. The normalized spacial score (nSPS) is 25.7. The zero-order chi connectivity index (χ0) is 90.9. The number of primary amides is 1. The molecule has 9 amide bonds. The maximum atomic E-state index is 16.5. The number of carbonyl (C=O) groups is 10. The third kappa shape index (κ3) is 21.7. The van der Waals surface area contributed by atoms with E-state index in [2.05, 4.69) is 62.3 Å². The van der Waals surface area contributed by atoms with Crippen LogP contribution in [-0.4, -0.2) is 223 Å². The number of likely N-dealkylation sites (N-methyl/N-ethyl adjacent to an activating group) is 1. The van der Waals surface area contributed by atoms with Crippen molar-refractivity contribution in [2.45, 2.75) is 163 Å². The van der Waals surface area contributed by atoms with Gasteiger partial charge in [-0.2, -0.15) is 0 Å². The predicted molar refractivity (Wildman–Crippen MR) is 441 cm³/mol. The Balaban J connectivity index is 1.16. The fraction of sp³-hybridized carbons (Fsp3) is 0.381. The van der Waals surface area contributed by atoms with Gasteiger partial charge in [0, 0.05) is 59.9 Å². The average Bonchev–Trinajstić information content (AvgIpc) is 0.769. The molecule has 6 aromatic carbocycles. The minimum absolute atomic E-state index is 0.0984. The number of alkyl carbamates (subject to hydrolysis) is 1. The van der Waals surface area contributed by atoms with E-state index in [1.807, 2.05) is 0 Å². The number of nitrogens with zero attached hydrogens (tertiary/aromatic N) is 1. The molecule has 7 heterocycles. The number of phenols is 4. The van der Waals surface area contributed by atoms with Gasteiger partial charge in [0.2, 0.25) is 53.4 Å². The number of benzene rings is 6. The number of esters is 1. The molecule has 9 unspecified atom stereocenters. The summed E-state index contributed by atoms with van der Waals surface area (Å²) < 4.78 is 55.8. The van der Waals surface area contributed by atoms with Crippen LogP contribution in [0, 0.1) is 5.92 Å². The first-order valence-corrected chi connectivity index (χ1v) is 40.1. The first-order chi connectivity index (χ1) is 59.3. The molecule has 0 spiro atoms. The lowest BCUT2D eigenvalue weighted by Crippen LogP contribution is -2.66. The van der Waals surface area contributed by atoms with Gasteiger partial charge in [0.25, 0.3) is 0 Å². The van der Waals surface area contributed by atoms with E-state index in [0.29, 0.717) is 0 Å². The SMILES string of the molecule is C=CCOC(=O)NC1(C)CC(OC2C(Oc3c4cc5cc3Oc3ccc(cc3Cl)[C@@H](O)[C@@H](NC(=O)[C@@H](CC(C)C)N(C)C(=O)OCC=C)C(=O)N[C@@H](CC(N)=O)C(=O)N[C@H]5C(=O)N[C@H]3C(=O)N[C@H](C(=O)N[C@@H](C(=O)OCC=C)c5cc(O)cc(O)c5-c5cc3ccc5O)[C@H](O)c3ccc(c(Cl)c3)O4)OC(CNCc3cc(Cl)ccc3O)C(O)C2O)OC(C)C1O. The van der Waals surface area contributed by atoms with Crippen LogP contribution < -0.4 is 62.5 Å². The van der Waals surface area contributed by atoms with E-state index in [9.17, 15) is 69.9 Å². The van der Waals surface area contributed by atoms with Crippen molar-refractivity contribution in [1.82, 2.24) is 47.4 Å². The summed E-state index contributed by atoms with van der Waals surface area (Å²) in [5.74, 6) is -16.8. The van der Waals surface area contributed by atoms with Crippen LogP contribution >= 0.6 is 34.8 Å². The van der Waals surface area contributed by atoms with Crippen LogP contribution in [0.3, 0.4) is 0 Å². The van der Waals surface area contributed by atoms with Crippen LogP contribution in [0.4, 0.5) is 9.59 Å². The Morgan fingerprint density at radius 3 is 1.91 bits per heavy atom. The number of aliphatic hydroxyl groups excluding tert-OH is 5. The molecule has 6 aromatic rings. The number of fused-ring (bicyclic) bond motifs is 15. The van der Waals surface area contributed by atoms with Gasteiger partial charge >= 0.3 is 18.2 Å². The van der Waals surface area contributed by atoms with Crippen LogP contribution in [-0.2, 0) is 73.3 Å². The maximum absolute atomic E-state index is 16.5. The summed E-state index contributed by atoms with van der Waals surface area (Å²) in [7, 11) is 1.23. The van der Waals surface area contributed by atoms with Crippen molar-refractivity contribution < 1.29 is 137 Å². The van der Waals surface area contributed by atoms with Crippen molar-refractivity contribution in [3.63, 3.8) is 0 Å². The molecule has 38 nitrogen and oxygen atoms in total. The maximum Gasteiger partial charge on any atom is 0.410 e. The zero-order valence-corrected chi connectivity index (χ0v) is 69.8. The number of nitrogens with one attached hydrogen (secondary N) is 8. The summed E-state index contributed by atoms with van der Waals surface area (Å²) in [5.41, 5.74) is 1.53. The number of amides is 9. The Kier molecular flexibility index (Phi) is 30.2. The van der Waals surface area contributed by atoms with E-state index < -0.39 is 273 Å². The van der Waals surface area contributed by atoms with E-state index in [4.69, 9.17) is 83.2 Å². The third-order valence-electron chi connectivity index (χ3n) is 21.0. The van der Waals surface area contributed by atoms with E-state index in [-0.39, 0.29) is 65.1 Å². The highest BCUT2D eigenvalue weighted by Gasteiger charge is 2.53. The fourth-order valence-corrected chi connectivity index (χ4v) is 15.3. The molecule has 0 aliphatic carbocycles. The molecule has 125 heavy (non-hydrogen) atoms. The second-order valence-corrected chi connectivity index (χ2v) is 31.8. The molecule has 18 atom stereocenters. The number of rotatable bonds is 23. The highest BCUT2D eigenvalue weighted by molar-refractivity contribution is 6.32. The number of halogens is 3. The van der Waals surface area contributed by atoms with E-state index in [1.54, 1.807) is 13.8 Å². The molecule has 11 bridgehead atoms. The number of carbonyl (C=O) groups excluding carboxylic acids is 10. The van der Waals surface area contributed by atoms with Crippen molar-refractivity contribution in [1.29, 1.82) is 0 Å². The molecule has 2 fully saturated rings. The second-order valence-electron chi connectivity index (χ2n) is 30.6. The lowest BCUT2D eigenvalue weighted by molar-refractivity contribution is -0.331. The van der Waals surface area contributed by atoms with Crippen molar-refractivity contribution in [3.05, 3.63) is 183 Å². The van der Waals surface area contributed by atoms with Gasteiger partial charge in [-0.15, -0.1) is 0 Å². The average molecular weight is 1800 g/mol. The molecule has 41 heteroatoms. The van der Waals surface area contributed by atoms with Crippen LogP contribution in [0.5, 0.6) is 51.7 Å². The smallest absolute Gasteiger partial charge is 0.410 e. The largest absolute Gasteiger partial charge is 0.508 e. The van der Waals surface area contributed by atoms with Crippen molar-refractivity contribution in [2.75, 3.05) is 33.4 Å². The molecule has 668 valence electrons. The molecule has 19 N–H and O–H groups in total. The Labute approximate surface area is 728 Å². The molecule has 0 radical (unpaired) electrons. The molecular formula is C84H93Cl3N10O28. The van der Waals surface area contributed by atoms with Gasteiger partial charge < -0.3 is 137 Å². The molecule has 0 saturated carbocycles. The molecule has 7 aliphatic heterocycles. The van der Waals surface area contributed by atoms with Gasteiger partial charge in [0.1, 0.15) is 127 Å². The minimum atomic E-state index is -2.45. The molecule has 2 saturated heterocycles. The van der Waals surface area contributed by atoms with Crippen LogP contribution in [0.25, 0.3) is 11.1 Å². The summed E-state index contributed by atoms with van der Waals surface area (Å²) in [6.07, 6.45) is -18.7. The number of phenolic OH excluding ortho intramolecular Hbond substituents is 4. The Morgan fingerprint density at radius 2 is 1.27 bits per heavy atom. The number of aliphatic hydroxyl groups is 5. The number of ether oxygens (including phenoxy) is 9. The number of hydrogen-bond donors (Lipinski definition) is 18.